The van der Waals surface area contributed by atoms with Gasteiger partial charge in [-0.25, -0.2) is 4.98 Å². The third-order valence-electron chi connectivity index (χ3n) is 4.79. The molecule has 4 heteroatoms. The molecule has 2 aliphatic rings. The van der Waals surface area contributed by atoms with Crippen molar-refractivity contribution in [3.8, 4) is 11.3 Å². The Morgan fingerprint density at radius 2 is 1.90 bits per heavy atom. The van der Waals surface area contributed by atoms with E-state index in [1.54, 1.807) is 0 Å². The van der Waals surface area contributed by atoms with Crippen LogP contribution < -0.4 is 5.73 Å². The lowest BCUT2D eigenvalue weighted by Crippen LogP contribution is -2.08. The Kier molecular flexibility index (Phi) is 2.98. The summed E-state index contributed by atoms with van der Waals surface area (Å²) in [4.78, 5) is 9.34. The molecule has 2 fully saturated rings. The normalized spacial score (nSPS) is 19.3. The van der Waals surface area contributed by atoms with Gasteiger partial charge in [-0.3, -0.25) is 4.98 Å². The summed E-state index contributed by atoms with van der Waals surface area (Å²) < 4.78 is 2.32. The molecule has 0 radical (unpaired) electrons. The van der Waals surface area contributed by atoms with Gasteiger partial charge in [0.15, 0.2) is 0 Å². The van der Waals surface area contributed by atoms with E-state index in [4.69, 9.17) is 10.7 Å². The molecule has 2 aliphatic carbocycles. The third-order valence-corrected chi connectivity index (χ3v) is 4.79. The van der Waals surface area contributed by atoms with Crippen LogP contribution in [0.1, 0.15) is 62.0 Å². The summed E-state index contributed by atoms with van der Waals surface area (Å²) in [6, 6.07) is 4.69. The lowest BCUT2D eigenvalue weighted by atomic mass is 10.1. The van der Waals surface area contributed by atoms with Crippen molar-refractivity contribution in [2.24, 2.45) is 0 Å². The number of aromatic nitrogens is 3. The second kappa shape index (κ2) is 4.86. The van der Waals surface area contributed by atoms with Crippen LogP contribution in [0.15, 0.2) is 18.3 Å². The van der Waals surface area contributed by atoms with Crippen molar-refractivity contribution < 1.29 is 0 Å². The largest absolute Gasteiger partial charge is 0.383 e. The first-order valence-corrected chi connectivity index (χ1v) is 8.04. The van der Waals surface area contributed by atoms with E-state index in [-0.39, 0.29) is 0 Å². The maximum absolute atomic E-state index is 6.46. The molecule has 21 heavy (non-hydrogen) atoms. The zero-order valence-corrected chi connectivity index (χ0v) is 12.5. The van der Waals surface area contributed by atoms with Crippen molar-refractivity contribution in [2.45, 2.75) is 57.4 Å². The summed E-state index contributed by atoms with van der Waals surface area (Å²) >= 11 is 0. The molecular weight excluding hydrogens is 260 g/mol. The van der Waals surface area contributed by atoms with Crippen molar-refractivity contribution in [2.75, 3.05) is 5.73 Å². The number of rotatable bonds is 3. The quantitative estimate of drug-likeness (QED) is 0.930. The van der Waals surface area contributed by atoms with E-state index in [1.807, 2.05) is 19.2 Å². The van der Waals surface area contributed by atoms with Crippen molar-refractivity contribution in [1.29, 1.82) is 0 Å². The molecule has 4 nitrogen and oxygen atoms in total. The van der Waals surface area contributed by atoms with Crippen LogP contribution in [0.5, 0.6) is 0 Å². The highest BCUT2D eigenvalue weighted by atomic mass is 15.2. The van der Waals surface area contributed by atoms with Gasteiger partial charge in [-0.05, 0) is 44.7 Å². The number of hydrogen-bond acceptors (Lipinski definition) is 3. The molecule has 0 unspecified atom stereocenters. The molecule has 0 atom stereocenters. The predicted molar refractivity (Wildman–Crippen MR) is 84.1 cm³/mol. The molecule has 2 N–H and O–H groups in total. The number of imidazole rings is 1. The summed E-state index contributed by atoms with van der Waals surface area (Å²) in [5.41, 5.74) is 9.44. The van der Waals surface area contributed by atoms with Crippen LogP contribution in [0.4, 0.5) is 5.82 Å². The van der Waals surface area contributed by atoms with Crippen molar-refractivity contribution in [1.82, 2.24) is 14.5 Å². The fourth-order valence-corrected chi connectivity index (χ4v) is 3.47. The number of nitrogens with zero attached hydrogens (tertiary/aromatic N) is 3. The maximum Gasteiger partial charge on any atom is 0.132 e. The second-order valence-electron chi connectivity index (χ2n) is 6.47. The van der Waals surface area contributed by atoms with E-state index in [2.05, 4.69) is 15.6 Å². The van der Waals surface area contributed by atoms with Crippen LogP contribution in [0, 0.1) is 6.92 Å². The van der Waals surface area contributed by atoms with E-state index >= 15 is 0 Å². The van der Waals surface area contributed by atoms with E-state index in [9.17, 15) is 0 Å². The van der Waals surface area contributed by atoms with E-state index in [1.165, 1.54) is 44.3 Å². The lowest BCUT2D eigenvalue weighted by molar-refractivity contribution is 0.596. The molecule has 0 saturated heterocycles. The average Bonchev–Trinajstić information content (AvgIpc) is 3.05. The van der Waals surface area contributed by atoms with Gasteiger partial charge in [0.2, 0.25) is 0 Å². The maximum atomic E-state index is 6.46. The summed E-state index contributed by atoms with van der Waals surface area (Å²) in [7, 11) is 0. The van der Waals surface area contributed by atoms with Crippen LogP contribution in [0.25, 0.3) is 11.3 Å². The smallest absolute Gasteiger partial charge is 0.132 e. The SMILES string of the molecule is Cc1ccc(-c2nc(C3CCCC3)n(C3CC3)c2N)cn1. The van der Waals surface area contributed by atoms with Gasteiger partial charge in [0.25, 0.3) is 0 Å². The highest BCUT2D eigenvalue weighted by Crippen LogP contribution is 2.45. The van der Waals surface area contributed by atoms with Gasteiger partial charge in [0, 0.05) is 29.4 Å². The molecule has 0 amide bonds. The highest BCUT2D eigenvalue weighted by molar-refractivity contribution is 5.70. The summed E-state index contributed by atoms with van der Waals surface area (Å²) in [6.07, 6.45) is 9.54. The van der Waals surface area contributed by atoms with Gasteiger partial charge in [0.1, 0.15) is 17.3 Å². The third kappa shape index (κ3) is 2.23. The molecule has 0 aromatic carbocycles. The summed E-state index contributed by atoms with van der Waals surface area (Å²) in [5.74, 6) is 2.66. The zero-order chi connectivity index (χ0) is 14.4. The molecule has 0 aliphatic heterocycles. The van der Waals surface area contributed by atoms with Crippen LogP contribution in [0.3, 0.4) is 0 Å². The first-order chi connectivity index (χ1) is 10.2. The van der Waals surface area contributed by atoms with E-state index in [0.29, 0.717) is 12.0 Å². The fourth-order valence-electron chi connectivity index (χ4n) is 3.47. The average molecular weight is 282 g/mol. The second-order valence-corrected chi connectivity index (χ2v) is 6.47. The Morgan fingerprint density at radius 1 is 1.14 bits per heavy atom. The summed E-state index contributed by atoms with van der Waals surface area (Å²) in [6.45, 7) is 2.00. The van der Waals surface area contributed by atoms with Crippen LogP contribution >= 0.6 is 0 Å². The van der Waals surface area contributed by atoms with Gasteiger partial charge >= 0.3 is 0 Å². The number of nitrogen functional groups attached to an aromatic ring is 1. The number of nitrogens with two attached hydrogens (primary N) is 1. The Balaban J connectivity index is 1.80. The topological polar surface area (TPSA) is 56.7 Å². The Morgan fingerprint density at radius 3 is 2.52 bits per heavy atom. The first-order valence-electron chi connectivity index (χ1n) is 8.04. The standard InChI is InChI=1S/C17H22N4/c1-11-6-7-13(10-19-11)15-16(18)21(14-8-9-14)17(20-15)12-4-2-3-5-12/h6-7,10,12,14H,2-5,8-9,18H2,1H3. The molecule has 0 bridgehead atoms. The highest BCUT2D eigenvalue weighted by Gasteiger charge is 2.33. The molecule has 2 aromatic heterocycles. The van der Waals surface area contributed by atoms with Gasteiger partial charge in [-0.1, -0.05) is 12.8 Å². The number of hydrogen-bond donors (Lipinski definition) is 1. The van der Waals surface area contributed by atoms with Crippen molar-refractivity contribution >= 4 is 5.82 Å². The van der Waals surface area contributed by atoms with Crippen molar-refractivity contribution in [3.05, 3.63) is 29.8 Å². The van der Waals surface area contributed by atoms with Crippen LogP contribution in [0.2, 0.25) is 0 Å². The fraction of sp³-hybridized carbons (Fsp3) is 0.529. The van der Waals surface area contributed by atoms with Crippen LogP contribution in [-0.2, 0) is 0 Å². The number of pyridine rings is 1. The van der Waals surface area contributed by atoms with Gasteiger partial charge in [0.05, 0.1) is 0 Å². The number of anilines is 1. The molecular formula is C17H22N4. The Bertz CT molecular complexity index is 646. The zero-order valence-electron chi connectivity index (χ0n) is 12.5. The molecule has 4 rings (SSSR count). The summed E-state index contributed by atoms with van der Waals surface area (Å²) in [5, 5.41) is 0. The molecule has 0 spiro atoms. The van der Waals surface area contributed by atoms with Gasteiger partial charge < -0.3 is 10.3 Å². The predicted octanol–water partition coefficient (Wildman–Crippen LogP) is 3.83. The minimum Gasteiger partial charge on any atom is -0.383 e. The lowest BCUT2D eigenvalue weighted by Gasteiger charge is -2.12. The Labute approximate surface area is 125 Å². The molecule has 2 heterocycles. The molecule has 2 saturated carbocycles. The van der Waals surface area contributed by atoms with Crippen molar-refractivity contribution in [3.63, 3.8) is 0 Å². The van der Waals surface area contributed by atoms with Crippen LogP contribution in [-0.4, -0.2) is 14.5 Å². The Hall–Kier alpha value is -1.84. The number of aryl methyl sites for hydroxylation is 1. The van der Waals surface area contributed by atoms with Gasteiger partial charge in [-0.2, -0.15) is 0 Å². The minimum absolute atomic E-state index is 0.584. The van der Waals surface area contributed by atoms with E-state index < -0.39 is 0 Å². The monoisotopic (exact) mass is 282 g/mol. The molecule has 2 aromatic rings. The van der Waals surface area contributed by atoms with E-state index in [0.717, 1.165) is 22.8 Å². The first kappa shape index (κ1) is 12.9. The van der Waals surface area contributed by atoms with Gasteiger partial charge in [-0.15, -0.1) is 0 Å². The minimum atomic E-state index is 0.584. The molecule has 110 valence electrons.